The van der Waals surface area contributed by atoms with E-state index in [1.807, 2.05) is 0 Å². The lowest BCUT2D eigenvalue weighted by molar-refractivity contribution is -0.125. The number of primary amides is 1. The predicted octanol–water partition coefficient (Wildman–Crippen LogP) is 2.72. The number of pyridine rings is 1. The van der Waals surface area contributed by atoms with Gasteiger partial charge in [0.15, 0.2) is 17.3 Å². The van der Waals surface area contributed by atoms with Crippen LogP contribution in [-0.2, 0) is 16.0 Å². The van der Waals surface area contributed by atoms with Gasteiger partial charge in [-0.05, 0) is 32.9 Å². The maximum Gasteiger partial charge on any atom is 0.255 e. The normalized spacial score (nSPS) is 27.2. The number of aromatic nitrogens is 1. The van der Waals surface area contributed by atoms with Crippen LogP contribution in [0.1, 0.15) is 22.3 Å². The second-order valence-corrected chi connectivity index (χ2v) is 11.2. The largest absolute Gasteiger partial charge is 0.510 e. The van der Waals surface area contributed by atoms with Crippen LogP contribution in [0, 0.1) is 11.8 Å². The molecule has 2 aromatic rings. The highest BCUT2D eigenvalue weighted by Gasteiger charge is 2.61. The molecule has 0 saturated carbocycles. The molecule has 1 aromatic carbocycles. The molecule has 3 aliphatic rings. The summed E-state index contributed by atoms with van der Waals surface area (Å²) in [6.45, 7) is 0. The number of aliphatic hydroxyl groups excluding tert-OH is 2. The minimum atomic E-state index is -1.78. The van der Waals surface area contributed by atoms with Crippen LogP contribution < -0.4 is 5.73 Å². The first-order valence-electron chi connectivity index (χ1n) is 11.6. The molecule has 0 bridgehead atoms. The van der Waals surface area contributed by atoms with Crippen molar-refractivity contribution < 1.29 is 29.7 Å². The van der Waals surface area contributed by atoms with E-state index in [0.717, 1.165) is 0 Å². The van der Waals surface area contributed by atoms with Crippen molar-refractivity contribution in [3.63, 3.8) is 0 Å². The molecular formula is C26H25ClN3O6P. The molecule has 37 heavy (non-hydrogen) atoms. The van der Waals surface area contributed by atoms with E-state index in [0.29, 0.717) is 11.1 Å². The van der Waals surface area contributed by atoms with Crippen LogP contribution in [0.4, 0.5) is 0 Å². The molecule has 9 nitrogen and oxygen atoms in total. The lowest BCUT2D eigenvalue weighted by Gasteiger charge is -2.51. The Morgan fingerprint density at radius 2 is 1.84 bits per heavy atom. The molecule has 0 radical (unpaired) electrons. The Bertz CT molecular complexity index is 1450. The molecule has 3 aliphatic carbocycles. The van der Waals surface area contributed by atoms with Gasteiger partial charge in [-0.15, -0.1) is 9.24 Å². The number of nitrogens with zero attached hydrogens (tertiary/aromatic N) is 2. The van der Waals surface area contributed by atoms with Crippen LogP contribution in [0.5, 0.6) is 5.75 Å². The monoisotopic (exact) mass is 541 g/mol. The first kappa shape index (κ1) is 25.4. The maximum absolute atomic E-state index is 13.9. The summed E-state index contributed by atoms with van der Waals surface area (Å²) in [6.07, 6.45) is 0.379. The number of aliphatic hydroxyl groups is 2. The van der Waals surface area contributed by atoms with Gasteiger partial charge in [-0.2, -0.15) is 0 Å². The summed E-state index contributed by atoms with van der Waals surface area (Å²) >= 11 is 6.53. The van der Waals surface area contributed by atoms with Gasteiger partial charge in [0, 0.05) is 22.6 Å². The fourth-order valence-corrected chi connectivity index (χ4v) is 6.91. The van der Waals surface area contributed by atoms with Gasteiger partial charge in [0.1, 0.15) is 33.1 Å². The number of rotatable bonds is 3. The molecule has 5 rings (SSSR count). The zero-order valence-corrected chi connectivity index (χ0v) is 21.9. The molecule has 1 heterocycles. The molecule has 5 atom stereocenters. The maximum atomic E-state index is 13.9. The molecule has 5 N–H and O–H groups in total. The summed E-state index contributed by atoms with van der Waals surface area (Å²) in [7, 11) is 5.65. The molecule has 192 valence electrons. The predicted molar refractivity (Wildman–Crippen MR) is 139 cm³/mol. The topological polar surface area (TPSA) is 154 Å². The molecule has 11 heteroatoms. The lowest BCUT2D eigenvalue weighted by atomic mass is 9.60. The first-order chi connectivity index (χ1) is 17.4. The van der Waals surface area contributed by atoms with Crippen molar-refractivity contribution in [3.05, 3.63) is 69.3 Å². The number of halogens is 1. The van der Waals surface area contributed by atoms with Crippen molar-refractivity contribution in [1.82, 2.24) is 9.88 Å². The van der Waals surface area contributed by atoms with Crippen LogP contribution >= 0.6 is 20.8 Å². The van der Waals surface area contributed by atoms with E-state index >= 15 is 0 Å². The highest BCUT2D eigenvalue weighted by Crippen LogP contribution is 2.56. The number of aromatic hydroxyl groups is 1. The summed E-state index contributed by atoms with van der Waals surface area (Å²) in [6, 6.07) is 7.90. The Balaban J connectivity index is 1.73. The van der Waals surface area contributed by atoms with Crippen LogP contribution in [0.2, 0.25) is 5.15 Å². The quantitative estimate of drug-likeness (QED) is 0.263. The van der Waals surface area contributed by atoms with Gasteiger partial charge in [-0.25, -0.2) is 4.98 Å². The number of Topliss-reactive ketones (excluding diaryl/α,β-unsaturated/α-hetero) is 2. The number of hydrogen-bond acceptors (Lipinski definition) is 8. The minimum Gasteiger partial charge on any atom is -0.510 e. The Hall–Kier alpha value is -3.26. The van der Waals surface area contributed by atoms with Crippen LogP contribution in [0.3, 0.4) is 0 Å². The van der Waals surface area contributed by atoms with Gasteiger partial charge in [-0.3, -0.25) is 19.3 Å². The van der Waals surface area contributed by atoms with E-state index in [4.69, 9.17) is 17.3 Å². The van der Waals surface area contributed by atoms with E-state index in [-0.39, 0.29) is 40.6 Å². The van der Waals surface area contributed by atoms with Crippen molar-refractivity contribution in [1.29, 1.82) is 0 Å². The molecule has 0 spiro atoms. The number of amides is 1. The van der Waals surface area contributed by atoms with Crippen molar-refractivity contribution in [2.45, 2.75) is 24.0 Å². The van der Waals surface area contributed by atoms with Gasteiger partial charge in [0.25, 0.3) is 5.91 Å². The third-order valence-electron chi connectivity index (χ3n) is 7.69. The number of hydrogen-bond donors (Lipinski definition) is 4. The van der Waals surface area contributed by atoms with Gasteiger partial charge in [-0.1, -0.05) is 41.9 Å². The summed E-state index contributed by atoms with van der Waals surface area (Å²) < 4.78 is 0. The lowest BCUT2D eigenvalue weighted by Crippen LogP contribution is -2.60. The smallest absolute Gasteiger partial charge is 0.255 e. The van der Waals surface area contributed by atoms with Gasteiger partial charge in [0.05, 0.1) is 11.6 Å². The molecule has 0 saturated heterocycles. The number of carbonyl (C=O) groups is 3. The van der Waals surface area contributed by atoms with E-state index < -0.39 is 57.6 Å². The Morgan fingerprint density at radius 3 is 2.43 bits per heavy atom. The average molecular weight is 542 g/mol. The van der Waals surface area contributed by atoms with E-state index in [2.05, 4.69) is 14.2 Å². The Kier molecular flexibility index (Phi) is 5.94. The number of benzene rings is 1. The van der Waals surface area contributed by atoms with Crippen LogP contribution in [0.15, 0.2) is 53.0 Å². The van der Waals surface area contributed by atoms with E-state index in [1.54, 1.807) is 49.3 Å². The number of allylic oxidation sites excluding steroid dienone is 2. The van der Waals surface area contributed by atoms with E-state index in [9.17, 15) is 29.7 Å². The standard InChI is InChI=1S/C26H25ClN3O6P/c1-30(2)18-13-9-11-8-12-15(20(32)17(29-24(12)27)10-6-4-3-5-7-10)19(31)14(11)22(34)26(13,37)23(35)16(21(18)33)25(28)36/h3-7,11,13,18,32-34H,8-9,37H2,1-2H3,(H2,28,36)/t11-,13-,18-,26-/m0/s1. The van der Waals surface area contributed by atoms with E-state index in [1.165, 1.54) is 0 Å². The summed E-state index contributed by atoms with van der Waals surface area (Å²) in [5.41, 5.74) is 5.74. The fourth-order valence-electron chi connectivity index (χ4n) is 6.03. The number of ketones is 2. The Morgan fingerprint density at radius 1 is 1.19 bits per heavy atom. The molecule has 1 amide bonds. The van der Waals surface area contributed by atoms with Crippen molar-refractivity contribution in [2.75, 3.05) is 14.1 Å². The molecular weight excluding hydrogens is 517 g/mol. The highest BCUT2D eigenvalue weighted by atomic mass is 35.5. The zero-order chi connectivity index (χ0) is 27.0. The number of carbonyl (C=O) groups excluding carboxylic acids is 3. The molecule has 1 unspecified atom stereocenters. The minimum absolute atomic E-state index is 0.0357. The van der Waals surface area contributed by atoms with Gasteiger partial charge < -0.3 is 21.1 Å². The zero-order valence-electron chi connectivity index (χ0n) is 20.0. The molecule has 1 aromatic heterocycles. The fraction of sp³-hybridized carbons (Fsp3) is 0.308. The second kappa shape index (κ2) is 8.65. The average Bonchev–Trinajstić information content (AvgIpc) is 2.83. The summed E-state index contributed by atoms with van der Waals surface area (Å²) in [4.78, 5) is 45.6. The van der Waals surface area contributed by atoms with Crippen LogP contribution in [0.25, 0.3) is 11.3 Å². The number of nitrogens with two attached hydrogens (primary N) is 1. The second-order valence-electron chi connectivity index (χ2n) is 9.89. The summed E-state index contributed by atoms with van der Waals surface area (Å²) in [5, 5.41) is 31.9. The van der Waals surface area contributed by atoms with Crippen molar-refractivity contribution in [2.24, 2.45) is 17.6 Å². The Labute approximate surface area is 219 Å². The summed E-state index contributed by atoms with van der Waals surface area (Å²) in [5.74, 6) is -5.32. The molecule has 0 aliphatic heterocycles. The molecule has 0 fully saturated rings. The highest BCUT2D eigenvalue weighted by molar-refractivity contribution is 7.22. The SMILES string of the molecule is CN(C)[C@@H]1C(O)=C(C(N)=O)C(=O)[C@@]2(P)C(O)=C3C(=O)c4c(O)c(-c5ccccc5)nc(Cl)c4C[C@H]3C[C@@H]12. The van der Waals surface area contributed by atoms with Gasteiger partial charge >= 0.3 is 0 Å². The third-order valence-corrected chi connectivity index (χ3v) is 8.97. The number of likely N-dealkylation sites (N-methyl/N-ethyl adjacent to an activating group) is 1. The van der Waals surface area contributed by atoms with Crippen LogP contribution in [-0.4, -0.2) is 68.0 Å². The third kappa shape index (κ3) is 3.45. The van der Waals surface area contributed by atoms with Gasteiger partial charge in [0.2, 0.25) is 0 Å². The van der Waals surface area contributed by atoms with Crippen molar-refractivity contribution in [3.8, 4) is 17.0 Å². The first-order valence-corrected chi connectivity index (χ1v) is 12.5. The number of fused-ring (bicyclic) bond motifs is 3. The van der Waals surface area contributed by atoms with Crippen molar-refractivity contribution >= 4 is 38.3 Å².